The fourth-order valence-electron chi connectivity index (χ4n) is 4.77. The normalized spacial score (nSPS) is 15.4. The molecule has 0 aliphatic carbocycles. The number of nitrogens with one attached hydrogen (secondary N) is 1. The number of hydrogen-bond acceptors (Lipinski definition) is 6. The largest absolute Gasteiger partial charge is 0.324 e. The molecule has 0 atom stereocenters. The van der Waals surface area contributed by atoms with E-state index in [4.69, 9.17) is 23.2 Å². The lowest BCUT2D eigenvalue weighted by Gasteiger charge is -2.38. The number of anilines is 2. The van der Waals surface area contributed by atoms with Gasteiger partial charge in [0.1, 0.15) is 11.2 Å². The Labute approximate surface area is 207 Å². The van der Waals surface area contributed by atoms with E-state index in [1.165, 1.54) is 22.0 Å². The van der Waals surface area contributed by atoms with E-state index in [-0.39, 0.29) is 11.0 Å². The van der Waals surface area contributed by atoms with E-state index in [1.807, 2.05) is 6.07 Å². The summed E-state index contributed by atoms with van der Waals surface area (Å²) in [5.41, 5.74) is 4.60. The van der Waals surface area contributed by atoms with Crippen molar-refractivity contribution in [1.82, 2.24) is 24.6 Å². The number of fused-ring (bicyclic) bond motifs is 2. The molecular weight excluding hydrogens is 471 g/mol. The van der Waals surface area contributed by atoms with Crippen LogP contribution in [0.1, 0.15) is 30.7 Å². The molecule has 0 unspecified atom stereocenters. The van der Waals surface area contributed by atoms with Crippen LogP contribution in [0, 0.1) is 6.92 Å². The maximum atomic E-state index is 13.2. The van der Waals surface area contributed by atoms with E-state index in [2.05, 4.69) is 58.3 Å². The van der Waals surface area contributed by atoms with Gasteiger partial charge in [0.25, 0.3) is 5.56 Å². The molecule has 1 N–H and O–H groups in total. The van der Waals surface area contributed by atoms with Gasteiger partial charge in [-0.15, -0.1) is 0 Å². The molecule has 0 saturated heterocycles. The third-order valence-corrected chi connectivity index (χ3v) is 6.76. The molecule has 0 fully saturated rings. The Bertz CT molecular complexity index is 1480. The minimum absolute atomic E-state index is 0.0908. The second kappa shape index (κ2) is 8.34. The predicted molar refractivity (Wildman–Crippen MR) is 137 cm³/mol. The summed E-state index contributed by atoms with van der Waals surface area (Å²) in [4.78, 5) is 24.5. The van der Waals surface area contributed by atoms with Crippen LogP contribution in [0.3, 0.4) is 0 Å². The van der Waals surface area contributed by atoms with Crippen LogP contribution in [0.4, 0.5) is 11.6 Å². The molecule has 34 heavy (non-hydrogen) atoms. The monoisotopic (exact) mass is 494 g/mol. The van der Waals surface area contributed by atoms with Crippen LogP contribution in [-0.4, -0.2) is 38.2 Å². The van der Waals surface area contributed by atoms with Crippen LogP contribution in [0.5, 0.6) is 0 Å². The zero-order chi connectivity index (χ0) is 24.2. The van der Waals surface area contributed by atoms with Gasteiger partial charge in [-0.2, -0.15) is 9.78 Å². The summed E-state index contributed by atoms with van der Waals surface area (Å²) < 4.78 is 1.21. The molecule has 0 spiro atoms. The summed E-state index contributed by atoms with van der Waals surface area (Å²) in [6.45, 7) is 8.22. The van der Waals surface area contributed by atoms with Crippen LogP contribution in [0.2, 0.25) is 10.0 Å². The van der Waals surface area contributed by atoms with Gasteiger partial charge in [0.2, 0.25) is 5.95 Å². The average molecular weight is 495 g/mol. The lowest BCUT2D eigenvalue weighted by atomic mass is 9.78. The van der Waals surface area contributed by atoms with Crippen molar-refractivity contribution in [3.63, 3.8) is 0 Å². The van der Waals surface area contributed by atoms with Gasteiger partial charge in [0.15, 0.2) is 0 Å². The average Bonchev–Trinajstić information content (AvgIpc) is 2.76. The molecule has 2 aromatic carbocycles. The summed E-state index contributed by atoms with van der Waals surface area (Å²) in [6.07, 6.45) is 1.51. The Hall–Kier alpha value is -3.00. The van der Waals surface area contributed by atoms with Gasteiger partial charge < -0.3 is 10.2 Å². The van der Waals surface area contributed by atoms with Crippen LogP contribution in [-0.2, 0) is 12.0 Å². The maximum absolute atomic E-state index is 13.2. The van der Waals surface area contributed by atoms with Crippen molar-refractivity contribution in [2.45, 2.75) is 32.7 Å². The highest BCUT2D eigenvalue weighted by atomic mass is 35.5. The van der Waals surface area contributed by atoms with Crippen LogP contribution in [0.15, 0.2) is 47.4 Å². The SMILES string of the molecule is Cc1nn(-c2c(Cl)cccc2Cl)c(=O)c2cnc(Nc3ccc4c(c3)CN(C)CC4(C)C)nc12. The van der Waals surface area contributed by atoms with E-state index in [1.54, 1.807) is 25.1 Å². The minimum atomic E-state index is -0.388. The number of aryl methyl sites for hydroxylation is 1. The number of halogens is 2. The number of hydrogen-bond donors (Lipinski definition) is 1. The summed E-state index contributed by atoms with van der Waals surface area (Å²) >= 11 is 12.6. The molecule has 0 saturated carbocycles. The molecule has 0 bridgehead atoms. The van der Waals surface area contributed by atoms with Crippen LogP contribution in [0.25, 0.3) is 16.6 Å². The number of nitrogens with zero attached hydrogens (tertiary/aromatic N) is 5. The molecule has 1 aliphatic heterocycles. The fourth-order valence-corrected chi connectivity index (χ4v) is 5.33. The zero-order valence-electron chi connectivity index (χ0n) is 19.4. The van der Waals surface area contributed by atoms with E-state index in [0.717, 1.165) is 18.8 Å². The summed E-state index contributed by atoms with van der Waals surface area (Å²) in [7, 11) is 2.13. The van der Waals surface area contributed by atoms with Crippen molar-refractivity contribution in [2.24, 2.45) is 0 Å². The van der Waals surface area contributed by atoms with Crippen molar-refractivity contribution >= 4 is 45.7 Å². The Kier molecular flexibility index (Phi) is 5.59. The van der Waals surface area contributed by atoms with Crippen molar-refractivity contribution in [2.75, 3.05) is 18.9 Å². The number of para-hydroxylation sites is 1. The maximum Gasteiger partial charge on any atom is 0.282 e. The predicted octanol–water partition coefficient (Wildman–Crippen LogP) is 5.26. The second-order valence-corrected chi connectivity index (χ2v) is 10.2. The van der Waals surface area contributed by atoms with E-state index in [9.17, 15) is 4.79 Å². The number of likely N-dealkylation sites (N-methyl/N-ethyl adjacent to an activating group) is 1. The minimum Gasteiger partial charge on any atom is -0.324 e. The first-order valence-corrected chi connectivity index (χ1v) is 11.7. The highest BCUT2D eigenvalue weighted by molar-refractivity contribution is 6.37. The first-order valence-electron chi connectivity index (χ1n) is 10.9. The molecule has 2 aromatic heterocycles. The standard InChI is InChI=1S/C25H24Cl2N6O/c1-14-21-17(23(34)33(31-14)22-19(26)6-5-7-20(22)27)11-28-24(30-21)29-16-8-9-18-15(10-16)12-32(4)13-25(18,2)3/h5-11H,12-13H2,1-4H3,(H,28,29,30). The van der Waals surface area contributed by atoms with E-state index in [0.29, 0.717) is 38.3 Å². The molecule has 1 aliphatic rings. The lowest BCUT2D eigenvalue weighted by molar-refractivity contribution is 0.236. The third kappa shape index (κ3) is 3.94. The first-order chi connectivity index (χ1) is 16.1. The molecule has 3 heterocycles. The van der Waals surface area contributed by atoms with Crippen molar-refractivity contribution < 1.29 is 0 Å². The highest BCUT2D eigenvalue weighted by Crippen LogP contribution is 2.34. The topological polar surface area (TPSA) is 75.9 Å². The van der Waals surface area contributed by atoms with Gasteiger partial charge in [0.05, 0.1) is 21.1 Å². The first kappa shape index (κ1) is 22.8. The molecular formula is C25H24Cl2N6O. The Balaban J connectivity index is 1.53. The third-order valence-electron chi connectivity index (χ3n) is 6.15. The highest BCUT2D eigenvalue weighted by Gasteiger charge is 2.30. The smallest absolute Gasteiger partial charge is 0.282 e. The summed E-state index contributed by atoms with van der Waals surface area (Å²) in [5.74, 6) is 0.397. The molecule has 9 heteroatoms. The van der Waals surface area contributed by atoms with E-state index >= 15 is 0 Å². The Morgan fingerprint density at radius 2 is 1.85 bits per heavy atom. The molecule has 5 rings (SSSR count). The van der Waals surface area contributed by atoms with Crippen molar-refractivity contribution in [3.8, 4) is 5.69 Å². The second-order valence-electron chi connectivity index (χ2n) is 9.38. The van der Waals surface area contributed by atoms with Gasteiger partial charge in [-0.3, -0.25) is 4.79 Å². The Morgan fingerprint density at radius 1 is 1.12 bits per heavy atom. The van der Waals surface area contributed by atoms with Gasteiger partial charge in [0, 0.05) is 30.4 Å². The quantitative estimate of drug-likeness (QED) is 0.418. The van der Waals surface area contributed by atoms with Crippen LogP contribution < -0.4 is 10.9 Å². The number of benzene rings is 2. The molecule has 4 aromatic rings. The van der Waals surface area contributed by atoms with Crippen molar-refractivity contribution in [3.05, 3.63) is 79.8 Å². The molecule has 7 nitrogen and oxygen atoms in total. The summed E-state index contributed by atoms with van der Waals surface area (Å²) in [5, 5.41) is 8.72. The zero-order valence-corrected chi connectivity index (χ0v) is 20.9. The van der Waals surface area contributed by atoms with Gasteiger partial charge >= 0.3 is 0 Å². The lowest BCUT2D eigenvalue weighted by Crippen LogP contribution is -2.39. The summed E-state index contributed by atoms with van der Waals surface area (Å²) in [6, 6.07) is 11.4. The molecule has 0 radical (unpaired) electrons. The molecule has 0 amide bonds. The van der Waals surface area contributed by atoms with Crippen molar-refractivity contribution in [1.29, 1.82) is 0 Å². The van der Waals surface area contributed by atoms with Gasteiger partial charge in [-0.05, 0) is 49.4 Å². The Morgan fingerprint density at radius 3 is 2.59 bits per heavy atom. The molecule has 174 valence electrons. The van der Waals surface area contributed by atoms with Crippen LogP contribution >= 0.6 is 23.2 Å². The number of aromatic nitrogens is 4. The number of rotatable bonds is 3. The fraction of sp³-hybridized carbons (Fsp3) is 0.280. The van der Waals surface area contributed by atoms with Gasteiger partial charge in [-0.1, -0.05) is 49.2 Å². The van der Waals surface area contributed by atoms with E-state index < -0.39 is 0 Å². The van der Waals surface area contributed by atoms with Gasteiger partial charge in [-0.25, -0.2) is 9.97 Å².